The van der Waals surface area contributed by atoms with Crippen LogP contribution in [0.25, 0.3) is 0 Å². The van der Waals surface area contributed by atoms with E-state index in [4.69, 9.17) is 5.11 Å². The Bertz CT molecular complexity index is 368. The van der Waals surface area contributed by atoms with Crippen LogP contribution >= 0.6 is 0 Å². The lowest BCUT2D eigenvalue weighted by atomic mass is 9.96. The van der Waals surface area contributed by atoms with E-state index in [2.05, 4.69) is 0 Å². The number of aliphatic carboxylic acids is 1. The van der Waals surface area contributed by atoms with Gasteiger partial charge in [0, 0.05) is 17.7 Å². The summed E-state index contributed by atoms with van der Waals surface area (Å²) in [4.78, 5) is 10.4. The summed E-state index contributed by atoms with van der Waals surface area (Å²) in [5.41, 5.74) is -0.390. The minimum absolute atomic E-state index is 0.390. The van der Waals surface area contributed by atoms with Crippen molar-refractivity contribution in [2.45, 2.75) is 33.1 Å². The summed E-state index contributed by atoms with van der Waals surface area (Å²) in [6.07, 6.45) is -0.403. The first-order valence-corrected chi connectivity index (χ1v) is 5.28. The molecule has 0 unspecified atom stereocenters. The third-order valence-corrected chi connectivity index (χ3v) is 2.02. The fourth-order valence-corrected chi connectivity index (χ4v) is 1.39. The highest BCUT2D eigenvalue weighted by Crippen LogP contribution is 2.25. The Morgan fingerprint density at radius 2 is 1.65 bits per heavy atom. The molecule has 0 radical (unpaired) electrons. The van der Waals surface area contributed by atoms with Crippen LogP contribution in [0, 0.1) is 17.5 Å². The van der Waals surface area contributed by atoms with Crippen LogP contribution in [0.4, 0.5) is 13.2 Å². The molecule has 2 nitrogen and oxygen atoms in total. The summed E-state index contributed by atoms with van der Waals surface area (Å²) >= 11 is 0. The molecule has 1 atom stereocenters. The van der Waals surface area contributed by atoms with Crippen molar-refractivity contribution in [3.8, 4) is 0 Å². The van der Waals surface area contributed by atoms with E-state index in [1.165, 1.54) is 6.92 Å². The average Bonchev–Trinajstić information content (AvgIpc) is 2.17. The summed E-state index contributed by atoms with van der Waals surface area (Å²) in [6.45, 7) is 5.37. The summed E-state index contributed by atoms with van der Waals surface area (Å²) < 4.78 is 38.8. The number of carbonyl (C=O) groups is 1. The van der Waals surface area contributed by atoms with Crippen molar-refractivity contribution >= 4 is 5.97 Å². The molecule has 1 N–H and O–H groups in total. The Labute approximate surface area is 98.1 Å². The molecule has 0 bridgehead atoms. The zero-order valence-corrected chi connectivity index (χ0v) is 9.93. The van der Waals surface area contributed by atoms with E-state index in [-0.39, 0.29) is 5.56 Å². The Morgan fingerprint density at radius 1 is 1.24 bits per heavy atom. The van der Waals surface area contributed by atoms with E-state index < -0.39 is 35.8 Å². The minimum Gasteiger partial charge on any atom is -0.481 e. The number of benzene rings is 1. The van der Waals surface area contributed by atoms with Crippen LogP contribution in [0.15, 0.2) is 12.1 Å². The molecule has 0 saturated heterocycles. The zero-order valence-electron chi connectivity index (χ0n) is 9.93. The zero-order chi connectivity index (χ0) is 13.6. The van der Waals surface area contributed by atoms with E-state index in [0.717, 1.165) is 0 Å². The summed E-state index contributed by atoms with van der Waals surface area (Å²) in [6, 6.07) is 1.08. The molecule has 0 amide bonds. The standard InChI is InChI=1S/C10H9F3O2.C2H6/c1-5(2-9(14)15)10-7(12)3-6(11)4-8(10)13;1-2/h3-5H,2H2,1H3,(H,14,15);1-2H3/t5-;/m1./s1. The third-order valence-electron chi connectivity index (χ3n) is 2.02. The molecule has 17 heavy (non-hydrogen) atoms. The van der Waals surface area contributed by atoms with Crippen LogP contribution < -0.4 is 0 Å². The van der Waals surface area contributed by atoms with Crippen LogP contribution in [-0.2, 0) is 4.79 Å². The number of hydrogen-bond acceptors (Lipinski definition) is 1. The molecule has 0 aliphatic heterocycles. The van der Waals surface area contributed by atoms with Gasteiger partial charge in [-0.15, -0.1) is 0 Å². The van der Waals surface area contributed by atoms with E-state index in [0.29, 0.717) is 12.1 Å². The maximum Gasteiger partial charge on any atom is 0.303 e. The largest absolute Gasteiger partial charge is 0.481 e. The number of rotatable bonds is 3. The highest BCUT2D eigenvalue weighted by molar-refractivity contribution is 5.68. The van der Waals surface area contributed by atoms with Gasteiger partial charge in [-0.25, -0.2) is 13.2 Å². The van der Waals surface area contributed by atoms with Gasteiger partial charge < -0.3 is 5.11 Å². The first kappa shape index (κ1) is 15.5. The molecule has 0 fully saturated rings. The van der Waals surface area contributed by atoms with Gasteiger partial charge in [0.15, 0.2) is 0 Å². The predicted molar refractivity (Wildman–Crippen MR) is 58.3 cm³/mol. The van der Waals surface area contributed by atoms with Crippen molar-refractivity contribution in [1.82, 2.24) is 0 Å². The SMILES string of the molecule is CC.C[C@H](CC(=O)O)c1c(F)cc(F)cc1F. The van der Waals surface area contributed by atoms with Crippen molar-refractivity contribution < 1.29 is 23.1 Å². The molecule has 0 heterocycles. The highest BCUT2D eigenvalue weighted by Gasteiger charge is 2.19. The molecule has 1 rings (SSSR count). The topological polar surface area (TPSA) is 37.3 Å². The lowest BCUT2D eigenvalue weighted by Gasteiger charge is -2.11. The Hall–Kier alpha value is -1.52. The highest BCUT2D eigenvalue weighted by atomic mass is 19.1. The van der Waals surface area contributed by atoms with Gasteiger partial charge in [0.25, 0.3) is 0 Å². The Kier molecular flexibility index (Phi) is 6.31. The molecule has 0 spiro atoms. The van der Waals surface area contributed by atoms with Crippen LogP contribution in [0.5, 0.6) is 0 Å². The maximum absolute atomic E-state index is 13.1. The molecule has 5 heteroatoms. The normalized spacial score (nSPS) is 11.4. The molecule has 0 aliphatic rings. The van der Waals surface area contributed by atoms with Gasteiger partial charge in [0.05, 0.1) is 6.42 Å². The van der Waals surface area contributed by atoms with E-state index in [1.54, 1.807) is 0 Å². The summed E-state index contributed by atoms with van der Waals surface area (Å²) in [5, 5.41) is 8.46. The molecule has 96 valence electrons. The van der Waals surface area contributed by atoms with Crippen molar-refractivity contribution in [3.63, 3.8) is 0 Å². The van der Waals surface area contributed by atoms with Crippen molar-refractivity contribution in [2.75, 3.05) is 0 Å². The molecule has 1 aromatic rings. The Balaban J connectivity index is 0.00000121. The monoisotopic (exact) mass is 248 g/mol. The maximum atomic E-state index is 13.1. The Morgan fingerprint density at radius 3 is 2.00 bits per heavy atom. The number of halogens is 3. The van der Waals surface area contributed by atoms with Gasteiger partial charge in [-0.2, -0.15) is 0 Å². The number of carboxylic acids is 1. The van der Waals surface area contributed by atoms with Gasteiger partial charge >= 0.3 is 5.97 Å². The molecule has 1 aromatic carbocycles. The van der Waals surface area contributed by atoms with Crippen LogP contribution in [0.3, 0.4) is 0 Å². The van der Waals surface area contributed by atoms with Crippen molar-refractivity contribution in [2.24, 2.45) is 0 Å². The first-order valence-electron chi connectivity index (χ1n) is 5.28. The summed E-state index contributed by atoms with van der Waals surface area (Å²) in [7, 11) is 0. The predicted octanol–water partition coefficient (Wildman–Crippen LogP) is 3.71. The second kappa shape index (κ2) is 6.93. The lowest BCUT2D eigenvalue weighted by Crippen LogP contribution is -2.07. The third kappa shape index (κ3) is 4.46. The van der Waals surface area contributed by atoms with Gasteiger partial charge in [0.2, 0.25) is 0 Å². The smallest absolute Gasteiger partial charge is 0.303 e. The second-order valence-corrected chi connectivity index (χ2v) is 3.28. The average molecular weight is 248 g/mol. The van der Waals surface area contributed by atoms with Crippen molar-refractivity contribution in [1.29, 1.82) is 0 Å². The molecule has 0 aromatic heterocycles. The second-order valence-electron chi connectivity index (χ2n) is 3.28. The van der Waals surface area contributed by atoms with Gasteiger partial charge in [0.1, 0.15) is 17.5 Å². The van der Waals surface area contributed by atoms with Gasteiger partial charge in [-0.05, 0) is 5.92 Å². The molecular formula is C12H15F3O2. The van der Waals surface area contributed by atoms with E-state index >= 15 is 0 Å². The van der Waals surface area contributed by atoms with Crippen LogP contribution in [0.2, 0.25) is 0 Å². The van der Waals surface area contributed by atoms with Crippen molar-refractivity contribution in [3.05, 3.63) is 35.1 Å². The van der Waals surface area contributed by atoms with Crippen LogP contribution in [0.1, 0.15) is 38.7 Å². The fraction of sp³-hybridized carbons (Fsp3) is 0.417. The van der Waals surface area contributed by atoms with Crippen LogP contribution in [-0.4, -0.2) is 11.1 Å². The number of carboxylic acid groups (broad SMARTS) is 1. The van der Waals surface area contributed by atoms with E-state index in [1.807, 2.05) is 13.8 Å². The minimum atomic E-state index is -1.16. The van der Waals surface area contributed by atoms with Gasteiger partial charge in [-0.1, -0.05) is 20.8 Å². The molecule has 0 saturated carbocycles. The summed E-state index contributed by atoms with van der Waals surface area (Å²) in [5.74, 6) is -5.12. The molecular weight excluding hydrogens is 233 g/mol. The number of hydrogen-bond donors (Lipinski definition) is 1. The molecule has 0 aliphatic carbocycles. The quantitative estimate of drug-likeness (QED) is 0.885. The fourth-order valence-electron chi connectivity index (χ4n) is 1.39. The van der Waals surface area contributed by atoms with Gasteiger partial charge in [-0.3, -0.25) is 4.79 Å². The lowest BCUT2D eigenvalue weighted by molar-refractivity contribution is -0.137. The van der Waals surface area contributed by atoms with E-state index in [9.17, 15) is 18.0 Å². The first-order chi connectivity index (χ1) is 7.91.